The van der Waals surface area contributed by atoms with Crippen LogP contribution >= 0.6 is 0 Å². The Bertz CT molecular complexity index is 873. The third kappa shape index (κ3) is 2.81. The van der Waals surface area contributed by atoms with E-state index in [0.717, 1.165) is 11.3 Å². The summed E-state index contributed by atoms with van der Waals surface area (Å²) in [5.74, 6) is -1.57. The molecule has 1 saturated heterocycles. The van der Waals surface area contributed by atoms with Crippen LogP contribution in [0.4, 0.5) is 5.69 Å². The summed E-state index contributed by atoms with van der Waals surface area (Å²) in [6, 6.07) is 7.74. The number of carbonyl (C=O) groups is 2. The highest BCUT2D eigenvalue weighted by Gasteiger charge is 2.70. The number of hydrogen-bond donors (Lipinski definition) is 1. The number of methoxy groups -OCH3 is 2. The van der Waals surface area contributed by atoms with Gasteiger partial charge in [-0.3, -0.25) is 5.32 Å². The number of hydroxylamine groups is 2. The molecule has 1 unspecified atom stereocenters. The van der Waals surface area contributed by atoms with Crippen molar-refractivity contribution in [2.75, 3.05) is 33.2 Å². The summed E-state index contributed by atoms with van der Waals surface area (Å²) in [5.41, 5.74) is -0.460. The Balaban J connectivity index is 2.32. The largest absolute Gasteiger partial charge is 0.465 e. The molecule has 1 N–H and O–H groups in total. The van der Waals surface area contributed by atoms with Crippen LogP contribution in [0.15, 0.2) is 35.6 Å². The molecule has 2 heterocycles. The van der Waals surface area contributed by atoms with Gasteiger partial charge in [-0.25, -0.2) is 9.59 Å². The minimum Gasteiger partial charge on any atom is -0.465 e. The molecular weight excluding hydrogens is 374 g/mol. The smallest absolute Gasteiger partial charge is 0.376 e. The average Bonchev–Trinajstić information content (AvgIpc) is 3.09. The van der Waals surface area contributed by atoms with E-state index in [-0.39, 0.29) is 11.3 Å². The molecule has 8 heteroatoms. The fourth-order valence-electron chi connectivity index (χ4n) is 3.89. The standard InChI is InChI=1S/C21H29N3O5/c1-19(2)20(3,4)24-21(22-19,13-9-11-14(12-10-13)23(5)6)15(17(25)27-7)16(29-24)18(26)28-8/h9-12,22H,1-8H3. The lowest BCUT2D eigenvalue weighted by atomic mass is 9.84. The lowest BCUT2D eigenvalue weighted by Crippen LogP contribution is -2.53. The monoisotopic (exact) mass is 403 g/mol. The van der Waals surface area contributed by atoms with Crippen LogP contribution in [0.2, 0.25) is 0 Å². The Kier molecular flexibility index (Phi) is 4.91. The van der Waals surface area contributed by atoms with E-state index >= 15 is 0 Å². The quantitative estimate of drug-likeness (QED) is 0.764. The molecule has 0 amide bonds. The van der Waals surface area contributed by atoms with Crippen molar-refractivity contribution in [3.05, 3.63) is 41.2 Å². The van der Waals surface area contributed by atoms with Gasteiger partial charge in [0.2, 0.25) is 5.76 Å². The predicted octanol–water partition coefficient (Wildman–Crippen LogP) is 1.91. The molecule has 0 spiro atoms. The first kappa shape index (κ1) is 21.1. The molecule has 8 nitrogen and oxygen atoms in total. The molecule has 158 valence electrons. The van der Waals surface area contributed by atoms with Crippen molar-refractivity contribution < 1.29 is 23.9 Å². The first-order valence-corrected chi connectivity index (χ1v) is 9.41. The fraction of sp³-hybridized carbons (Fsp3) is 0.524. The Labute approximate surface area is 171 Å². The van der Waals surface area contributed by atoms with Crippen molar-refractivity contribution in [3.63, 3.8) is 0 Å². The van der Waals surface area contributed by atoms with Crippen LogP contribution in [0.3, 0.4) is 0 Å². The van der Waals surface area contributed by atoms with Gasteiger partial charge in [-0.05, 0) is 45.4 Å². The van der Waals surface area contributed by atoms with Gasteiger partial charge in [-0.1, -0.05) is 12.1 Å². The summed E-state index contributed by atoms with van der Waals surface area (Å²) in [6.45, 7) is 8.03. The van der Waals surface area contributed by atoms with Crippen LogP contribution in [-0.4, -0.2) is 56.4 Å². The van der Waals surface area contributed by atoms with E-state index in [9.17, 15) is 9.59 Å². The molecule has 2 aliphatic rings. The van der Waals surface area contributed by atoms with Crippen molar-refractivity contribution in [2.24, 2.45) is 0 Å². The molecule has 1 fully saturated rings. The zero-order valence-electron chi connectivity index (χ0n) is 18.2. The lowest BCUT2D eigenvalue weighted by Gasteiger charge is -2.38. The Morgan fingerprint density at radius 2 is 1.55 bits per heavy atom. The summed E-state index contributed by atoms with van der Waals surface area (Å²) in [4.78, 5) is 33.4. The summed E-state index contributed by atoms with van der Waals surface area (Å²) in [6.07, 6.45) is 0. The first-order chi connectivity index (χ1) is 13.4. The van der Waals surface area contributed by atoms with Crippen molar-refractivity contribution in [1.29, 1.82) is 0 Å². The van der Waals surface area contributed by atoms with Crippen LogP contribution in [0.25, 0.3) is 0 Å². The Hall–Kier alpha value is -2.58. The highest BCUT2D eigenvalue weighted by Crippen LogP contribution is 2.55. The van der Waals surface area contributed by atoms with E-state index < -0.39 is 28.7 Å². The third-order valence-electron chi connectivity index (χ3n) is 6.17. The SMILES string of the molecule is COC(=O)C1=C(C(=O)OC)C2(c3ccc(N(C)C)cc3)NC(C)(C)C(C)(C)N2O1. The van der Waals surface area contributed by atoms with Crippen molar-refractivity contribution in [1.82, 2.24) is 10.4 Å². The molecule has 2 aliphatic heterocycles. The minimum atomic E-state index is -1.21. The molecule has 1 aromatic rings. The number of ether oxygens (including phenoxy) is 2. The van der Waals surface area contributed by atoms with E-state index in [1.165, 1.54) is 14.2 Å². The first-order valence-electron chi connectivity index (χ1n) is 9.41. The molecule has 1 aromatic carbocycles. The normalized spacial score (nSPS) is 24.7. The van der Waals surface area contributed by atoms with Crippen molar-refractivity contribution >= 4 is 17.6 Å². The second kappa shape index (κ2) is 6.74. The number of hydrogen-bond acceptors (Lipinski definition) is 8. The summed E-state index contributed by atoms with van der Waals surface area (Å²) < 4.78 is 9.94. The topological polar surface area (TPSA) is 80.3 Å². The highest BCUT2D eigenvalue weighted by molar-refractivity contribution is 6.01. The second-order valence-corrected chi connectivity index (χ2v) is 8.53. The molecule has 1 atom stereocenters. The number of anilines is 1. The van der Waals surface area contributed by atoms with Crippen LogP contribution in [0, 0.1) is 0 Å². The molecule has 0 saturated carbocycles. The van der Waals surface area contributed by atoms with Crippen molar-refractivity contribution in [2.45, 2.75) is 44.4 Å². The summed E-state index contributed by atoms with van der Waals surface area (Å²) >= 11 is 0. The van der Waals surface area contributed by atoms with Gasteiger partial charge in [0, 0.05) is 25.3 Å². The summed E-state index contributed by atoms with van der Waals surface area (Å²) in [7, 11) is 6.43. The highest BCUT2D eigenvalue weighted by atomic mass is 16.7. The molecule has 0 bridgehead atoms. The molecule has 29 heavy (non-hydrogen) atoms. The van der Waals surface area contributed by atoms with Crippen LogP contribution in [0.5, 0.6) is 0 Å². The maximum absolute atomic E-state index is 12.9. The van der Waals surface area contributed by atoms with Gasteiger partial charge in [0.1, 0.15) is 5.57 Å². The van der Waals surface area contributed by atoms with Gasteiger partial charge < -0.3 is 19.2 Å². The van der Waals surface area contributed by atoms with Gasteiger partial charge >= 0.3 is 11.9 Å². The minimum absolute atomic E-state index is 0.0723. The van der Waals surface area contributed by atoms with Crippen LogP contribution in [-0.2, 0) is 29.6 Å². The lowest BCUT2D eigenvalue weighted by molar-refractivity contribution is -0.203. The molecular formula is C21H29N3O5. The predicted molar refractivity (Wildman–Crippen MR) is 108 cm³/mol. The second-order valence-electron chi connectivity index (χ2n) is 8.53. The van der Waals surface area contributed by atoms with Gasteiger partial charge in [-0.2, -0.15) is 0 Å². The fourth-order valence-corrected chi connectivity index (χ4v) is 3.89. The maximum Gasteiger partial charge on any atom is 0.376 e. The third-order valence-corrected chi connectivity index (χ3v) is 6.17. The Morgan fingerprint density at radius 1 is 1.00 bits per heavy atom. The number of esters is 2. The van der Waals surface area contributed by atoms with E-state index in [1.54, 1.807) is 5.06 Å². The average molecular weight is 403 g/mol. The zero-order valence-corrected chi connectivity index (χ0v) is 18.2. The van der Waals surface area contributed by atoms with Gasteiger partial charge in [0.15, 0.2) is 5.66 Å². The number of rotatable bonds is 4. The van der Waals surface area contributed by atoms with E-state index in [1.807, 2.05) is 71.0 Å². The molecule has 0 aromatic heterocycles. The number of nitrogens with one attached hydrogen (secondary N) is 1. The van der Waals surface area contributed by atoms with Gasteiger partial charge in [0.25, 0.3) is 0 Å². The number of nitrogens with zero attached hydrogens (tertiary/aromatic N) is 2. The number of benzene rings is 1. The molecule has 3 rings (SSSR count). The number of fused-ring (bicyclic) bond motifs is 1. The maximum atomic E-state index is 12.9. The van der Waals surface area contributed by atoms with Gasteiger partial charge in [0.05, 0.1) is 19.8 Å². The van der Waals surface area contributed by atoms with E-state index in [2.05, 4.69) is 5.32 Å². The van der Waals surface area contributed by atoms with Crippen molar-refractivity contribution in [3.8, 4) is 0 Å². The zero-order chi connectivity index (χ0) is 21.8. The van der Waals surface area contributed by atoms with Crippen LogP contribution in [0.1, 0.15) is 33.3 Å². The number of carbonyl (C=O) groups excluding carboxylic acids is 2. The molecule has 0 aliphatic carbocycles. The van der Waals surface area contributed by atoms with E-state index in [0.29, 0.717) is 0 Å². The van der Waals surface area contributed by atoms with Gasteiger partial charge in [-0.15, -0.1) is 5.06 Å². The van der Waals surface area contributed by atoms with Crippen LogP contribution < -0.4 is 10.2 Å². The van der Waals surface area contributed by atoms with E-state index in [4.69, 9.17) is 14.3 Å². The summed E-state index contributed by atoms with van der Waals surface area (Å²) in [5, 5.41) is 5.23. The Morgan fingerprint density at radius 3 is 2.03 bits per heavy atom. The molecule has 0 radical (unpaired) electrons.